The van der Waals surface area contributed by atoms with Crippen LogP contribution in [0.15, 0.2) is 22.7 Å². The first kappa shape index (κ1) is 14.5. The third-order valence-corrected chi connectivity index (χ3v) is 4.95. The molecular weight excluding hydrogens is 304 g/mol. The van der Waals surface area contributed by atoms with Gasteiger partial charge in [-0.15, -0.1) is 0 Å². The Morgan fingerprint density at radius 3 is 2.95 bits per heavy atom. The summed E-state index contributed by atoms with van der Waals surface area (Å²) in [7, 11) is 0. The van der Waals surface area contributed by atoms with Gasteiger partial charge in [-0.3, -0.25) is 4.79 Å². The number of hydrogen-bond acceptors (Lipinski definition) is 2. The van der Waals surface area contributed by atoms with Crippen LogP contribution in [0.2, 0.25) is 0 Å². The molecule has 0 spiro atoms. The zero-order chi connectivity index (χ0) is 13.9. The van der Waals surface area contributed by atoms with Crippen molar-refractivity contribution in [1.82, 2.24) is 5.32 Å². The molecule has 2 N–H and O–H groups in total. The molecule has 0 radical (unpaired) electrons. The molecule has 1 aliphatic rings. The van der Waals surface area contributed by atoms with Crippen molar-refractivity contribution >= 4 is 27.5 Å². The molecule has 1 heterocycles. The number of aryl methyl sites for hydroxylation is 1. The monoisotopic (exact) mass is 324 g/mol. The van der Waals surface area contributed by atoms with Crippen LogP contribution in [0.25, 0.3) is 0 Å². The van der Waals surface area contributed by atoms with Crippen LogP contribution in [0.3, 0.4) is 0 Å². The highest BCUT2D eigenvalue weighted by atomic mass is 79.9. The summed E-state index contributed by atoms with van der Waals surface area (Å²) in [5, 5.41) is 6.41. The first-order valence-electron chi connectivity index (χ1n) is 6.86. The predicted molar refractivity (Wildman–Crippen MR) is 82.3 cm³/mol. The molecule has 0 saturated carbocycles. The van der Waals surface area contributed by atoms with Gasteiger partial charge >= 0.3 is 0 Å². The highest BCUT2D eigenvalue weighted by Crippen LogP contribution is 2.34. The summed E-state index contributed by atoms with van der Waals surface area (Å²) in [6, 6.07) is 5.94. The van der Waals surface area contributed by atoms with Gasteiger partial charge in [0.25, 0.3) is 0 Å². The van der Waals surface area contributed by atoms with Gasteiger partial charge in [-0.25, -0.2) is 0 Å². The number of halogens is 1. The minimum absolute atomic E-state index is 0.144. The van der Waals surface area contributed by atoms with E-state index in [1.54, 1.807) is 0 Å². The summed E-state index contributed by atoms with van der Waals surface area (Å²) >= 11 is 3.54. The van der Waals surface area contributed by atoms with Gasteiger partial charge in [-0.2, -0.15) is 0 Å². The first-order valence-corrected chi connectivity index (χ1v) is 7.65. The fourth-order valence-corrected chi connectivity index (χ4v) is 3.11. The predicted octanol–water partition coefficient (Wildman–Crippen LogP) is 3.48. The summed E-state index contributed by atoms with van der Waals surface area (Å²) in [5.41, 5.74) is 1.76. The van der Waals surface area contributed by atoms with Crippen LogP contribution in [0.1, 0.15) is 31.7 Å². The Balaban J connectivity index is 2.17. The standard InChI is InChI=1S/C15H21BrN2O/c1-3-7-15(8-9-17-10-15)14(19)18-12-6-4-5-11(2)13(12)16/h4-6,17H,3,7-10H2,1-2H3,(H,18,19). The lowest BCUT2D eigenvalue weighted by molar-refractivity contribution is -0.125. The quantitative estimate of drug-likeness (QED) is 0.890. The van der Waals surface area contributed by atoms with Gasteiger partial charge in [-0.1, -0.05) is 25.5 Å². The molecule has 19 heavy (non-hydrogen) atoms. The van der Waals surface area contributed by atoms with E-state index in [2.05, 4.69) is 33.5 Å². The highest BCUT2D eigenvalue weighted by Gasteiger charge is 2.40. The van der Waals surface area contributed by atoms with E-state index < -0.39 is 0 Å². The summed E-state index contributed by atoms with van der Waals surface area (Å²) in [5.74, 6) is 0.144. The lowest BCUT2D eigenvalue weighted by Crippen LogP contribution is -2.38. The molecule has 1 saturated heterocycles. The summed E-state index contributed by atoms with van der Waals surface area (Å²) in [4.78, 5) is 12.6. The normalized spacial score (nSPS) is 22.5. The molecule has 1 aromatic rings. The van der Waals surface area contributed by atoms with E-state index in [0.29, 0.717) is 0 Å². The molecule has 0 bridgehead atoms. The topological polar surface area (TPSA) is 41.1 Å². The van der Waals surface area contributed by atoms with E-state index in [9.17, 15) is 4.79 Å². The summed E-state index contributed by atoms with van der Waals surface area (Å²) in [6.07, 6.45) is 2.90. The molecule has 1 unspecified atom stereocenters. The van der Waals surface area contributed by atoms with Gasteiger partial charge in [0.05, 0.1) is 11.1 Å². The van der Waals surface area contributed by atoms with Crippen LogP contribution in [0.4, 0.5) is 5.69 Å². The highest BCUT2D eigenvalue weighted by molar-refractivity contribution is 9.10. The number of carbonyl (C=O) groups is 1. The number of anilines is 1. The van der Waals surface area contributed by atoms with Crippen LogP contribution in [-0.2, 0) is 4.79 Å². The largest absolute Gasteiger partial charge is 0.325 e. The van der Waals surface area contributed by atoms with Crippen LogP contribution >= 0.6 is 15.9 Å². The number of rotatable bonds is 4. The maximum absolute atomic E-state index is 12.6. The number of hydrogen-bond donors (Lipinski definition) is 2. The van der Waals surface area contributed by atoms with Crippen molar-refractivity contribution < 1.29 is 4.79 Å². The molecule has 1 atom stereocenters. The van der Waals surface area contributed by atoms with Crippen LogP contribution < -0.4 is 10.6 Å². The maximum atomic E-state index is 12.6. The van der Waals surface area contributed by atoms with Crippen molar-refractivity contribution in [2.45, 2.75) is 33.1 Å². The third-order valence-electron chi connectivity index (χ3n) is 3.89. The fraction of sp³-hybridized carbons (Fsp3) is 0.533. The minimum Gasteiger partial charge on any atom is -0.325 e. The molecule has 2 rings (SSSR count). The molecule has 0 aliphatic carbocycles. The second-order valence-electron chi connectivity index (χ2n) is 5.35. The zero-order valence-corrected chi connectivity index (χ0v) is 13.1. The van der Waals surface area contributed by atoms with Crippen LogP contribution in [0, 0.1) is 12.3 Å². The Labute approximate surface area is 123 Å². The Morgan fingerprint density at radius 2 is 2.32 bits per heavy atom. The molecule has 1 fully saturated rings. The van der Waals surface area contributed by atoms with Crippen LogP contribution in [-0.4, -0.2) is 19.0 Å². The Morgan fingerprint density at radius 1 is 1.53 bits per heavy atom. The van der Waals surface area contributed by atoms with Gasteiger partial charge < -0.3 is 10.6 Å². The second kappa shape index (κ2) is 6.06. The smallest absolute Gasteiger partial charge is 0.231 e. The fourth-order valence-electron chi connectivity index (χ4n) is 2.74. The Kier molecular flexibility index (Phi) is 4.63. The average Bonchev–Trinajstić information content (AvgIpc) is 2.85. The first-order chi connectivity index (χ1) is 9.09. The second-order valence-corrected chi connectivity index (χ2v) is 6.14. The average molecular weight is 325 g/mol. The van der Waals surface area contributed by atoms with E-state index in [1.165, 1.54) is 0 Å². The zero-order valence-electron chi connectivity index (χ0n) is 11.6. The van der Waals surface area contributed by atoms with Gasteiger partial charge in [0.15, 0.2) is 0 Å². The number of nitrogens with one attached hydrogen (secondary N) is 2. The van der Waals surface area contributed by atoms with E-state index in [1.807, 2.05) is 25.1 Å². The van der Waals surface area contributed by atoms with Gasteiger partial charge in [0, 0.05) is 11.0 Å². The SMILES string of the molecule is CCCC1(C(=O)Nc2cccc(C)c2Br)CCNC1. The van der Waals surface area contributed by atoms with Crippen molar-refractivity contribution in [2.24, 2.45) is 5.41 Å². The van der Waals surface area contributed by atoms with E-state index in [-0.39, 0.29) is 11.3 Å². The number of carbonyl (C=O) groups excluding carboxylic acids is 1. The molecule has 1 aliphatic heterocycles. The van der Waals surface area contributed by atoms with Crippen molar-refractivity contribution in [3.8, 4) is 0 Å². The van der Waals surface area contributed by atoms with Crippen LogP contribution in [0.5, 0.6) is 0 Å². The Bertz CT molecular complexity index is 467. The molecule has 3 nitrogen and oxygen atoms in total. The number of benzene rings is 1. The van der Waals surface area contributed by atoms with E-state index >= 15 is 0 Å². The summed E-state index contributed by atoms with van der Waals surface area (Å²) < 4.78 is 0.973. The van der Waals surface area contributed by atoms with Crippen molar-refractivity contribution in [3.63, 3.8) is 0 Å². The maximum Gasteiger partial charge on any atom is 0.231 e. The number of amides is 1. The van der Waals surface area contributed by atoms with Crippen molar-refractivity contribution in [2.75, 3.05) is 18.4 Å². The molecule has 0 aromatic heterocycles. The third kappa shape index (κ3) is 3.00. The van der Waals surface area contributed by atoms with E-state index in [0.717, 1.165) is 48.1 Å². The Hall–Kier alpha value is -0.870. The molecule has 4 heteroatoms. The lowest BCUT2D eigenvalue weighted by Gasteiger charge is -2.26. The van der Waals surface area contributed by atoms with Crippen molar-refractivity contribution in [1.29, 1.82) is 0 Å². The minimum atomic E-state index is -0.238. The molecule has 104 valence electrons. The lowest BCUT2D eigenvalue weighted by atomic mass is 9.81. The van der Waals surface area contributed by atoms with E-state index in [4.69, 9.17) is 0 Å². The van der Waals surface area contributed by atoms with Gasteiger partial charge in [0.2, 0.25) is 5.91 Å². The molecular formula is C15H21BrN2O. The molecule has 1 aromatic carbocycles. The van der Waals surface area contributed by atoms with Crippen molar-refractivity contribution in [3.05, 3.63) is 28.2 Å². The molecule has 1 amide bonds. The van der Waals surface area contributed by atoms with Gasteiger partial charge in [0.1, 0.15) is 0 Å². The summed E-state index contributed by atoms with van der Waals surface area (Å²) in [6.45, 7) is 5.88. The van der Waals surface area contributed by atoms with Gasteiger partial charge in [-0.05, 0) is 53.9 Å².